The van der Waals surface area contributed by atoms with Gasteiger partial charge in [-0.05, 0) is 37.8 Å². The molecule has 1 aliphatic carbocycles. The van der Waals surface area contributed by atoms with Crippen LogP contribution < -0.4 is 5.69 Å². The molecule has 0 radical (unpaired) electrons. The van der Waals surface area contributed by atoms with Crippen LogP contribution in [0.15, 0.2) is 23.1 Å². The second-order valence-corrected chi connectivity index (χ2v) is 5.97. The third-order valence-electron chi connectivity index (χ3n) is 4.57. The molecular formula is C15H18N4O2. The molecule has 0 unspecified atom stereocenters. The Labute approximate surface area is 121 Å². The number of imidazole rings is 1. The molecule has 6 nitrogen and oxygen atoms in total. The van der Waals surface area contributed by atoms with E-state index in [1.54, 1.807) is 6.20 Å². The third kappa shape index (κ3) is 1.90. The minimum Gasteiger partial charge on any atom is -0.393 e. The first-order valence-electron chi connectivity index (χ1n) is 7.37. The molecule has 21 heavy (non-hydrogen) atoms. The molecule has 1 fully saturated rings. The Hall–Kier alpha value is -2.08. The van der Waals surface area contributed by atoms with E-state index in [0.29, 0.717) is 6.42 Å². The minimum absolute atomic E-state index is 0.0701. The standard InChI is InChI=1S/C15H18N4O2/c1-18-13-7-14-12(5-9(13)8-16-18)17-15(21)19(14)10-3-2-4-11(20)6-10/h5,7-8,10-11,20H,2-4,6H2,1H3,(H,17,21)/t10-,11+/m0/s1. The van der Waals surface area contributed by atoms with Crippen LogP contribution in [0, 0.1) is 0 Å². The number of aliphatic hydroxyl groups excluding tert-OH is 1. The Balaban J connectivity index is 1.94. The average molecular weight is 286 g/mol. The van der Waals surface area contributed by atoms with Gasteiger partial charge in [-0.1, -0.05) is 0 Å². The number of rotatable bonds is 1. The molecule has 2 N–H and O–H groups in total. The maximum atomic E-state index is 12.3. The van der Waals surface area contributed by atoms with Crippen LogP contribution in [-0.2, 0) is 7.05 Å². The fourth-order valence-corrected chi connectivity index (χ4v) is 3.51. The van der Waals surface area contributed by atoms with E-state index in [4.69, 9.17) is 0 Å². The van der Waals surface area contributed by atoms with Gasteiger partial charge in [-0.2, -0.15) is 5.10 Å². The van der Waals surface area contributed by atoms with Crippen LogP contribution in [0.1, 0.15) is 31.7 Å². The molecule has 4 rings (SSSR count). The van der Waals surface area contributed by atoms with Crippen molar-refractivity contribution in [2.24, 2.45) is 7.05 Å². The van der Waals surface area contributed by atoms with Crippen molar-refractivity contribution in [3.05, 3.63) is 28.8 Å². The summed E-state index contributed by atoms with van der Waals surface area (Å²) in [6, 6.07) is 4.05. The third-order valence-corrected chi connectivity index (χ3v) is 4.57. The van der Waals surface area contributed by atoms with Gasteiger partial charge in [0.1, 0.15) is 0 Å². The Morgan fingerprint density at radius 3 is 3.00 bits per heavy atom. The number of aliphatic hydroxyl groups is 1. The Bertz CT molecular complexity index is 873. The smallest absolute Gasteiger partial charge is 0.326 e. The number of nitrogens with one attached hydrogen (secondary N) is 1. The summed E-state index contributed by atoms with van der Waals surface area (Å²) >= 11 is 0. The predicted octanol–water partition coefficient (Wildman–Crippen LogP) is 1.69. The molecule has 2 atom stereocenters. The summed E-state index contributed by atoms with van der Waals surface area (Å²) in [7, 11) is 1.90. The predicted molar refractivity (Wildman–Crippen MR) is 80.3 cm³/mol. The zero-order valence-electron chi connectivity index (χ0n) is 11.9. The van der Waals surface area contributed by atoms with Crippen molar-refractivity contribution in [1.29, 1.82) is 0 Å². The normalized spacial score (nSPS) is 23.1. The lowest BCUT2D eigenvalue weighted by molar-refractivity contribution is 0.104. The van der Waals surface area contributed by atoms with Gasteiger partial charge >= 0.3 is 5.69 Å². The molecule has 2 heterocycles. The Kier molecular flexibility index (Phi) is 2.68. The quantitative estimate of drug-likeness (QED) is 0.715. The van der Waals surface area contributed by atoms with Crippen molar-refractivity contribution in [2.75, 3.05) is 0 Å². The van der Waals surface area contributed by atoms with Crippen molar-refractivity contribution in [2.45, 2.75) is 37.8 Å². The van der Waals surface area contributed by atoms with Crippen LogP contribution in [0.5, 0.6) is 0 Å². The lowest BCUT2D eigenvalue weighted by atomic mass is 9.93. The number of hydrogen-bond acceptors (Lipinski definition) is 3. The molecule has 110 valence electrons. The van der Waals surface area contributed by atoms with Gasteiger partial charge in [0.2, 0.25) is 0 Å². The number of aryl methyl sites for hydroxylation is 1. The molecule has 1 saturated carbocycles. The van der Waals surface area contributed by atoms with E-state index < -0.39 is 0 Å². The summed E-state index contributed by atoms with van der Waals surface area (Å²) in [5.41, 5.74) is 2.65. The van der Waals surface area contributed by atoms with E-state index in [2.05, 4.69) is 10.1 Å². The topological polar surface area (TPSA) is 75.8 Å². The maximum absolute atomic E-state index is 12.3. The number of benzene rings is 1. The number of H-pyrrole nitrogens is 1. The fraction of sp³-hybridized carbons (Fsp3) is 0.467. The van der Waals surface area contributed by atoms with Gasteiger partial charge in [-0.25, -0.2) is 4.79 Å². The van der Waals surface area contributed by atoms with Crippen LogP contribution in [-0.4, -0.2) is 30.5 Å². The zero-order valence-corrected chi connectivity index (χ0v) is 11.9. The van der Waals surface area contributed by atoms with Crippen LogP contribution in [0.3, 0.4) is 0 Å². The maximum Gasteiger partial charge on any atom is 0.326 e. The molecular weight excluding hydrogens is 268 g/mol. The molecule has 6 heteroatoms. The van der Waals surface area contributed by atoms with Gasteiger partial charge in [0, 0.05) is 18.5 Å². The van der Waals surface area contributed by atoms with Crippen LogP contribution in [0.25, 0.3) is 21.9 Å². The van der Waals surface area contributed by atoms with Crippen molar-refractivity contribution >= 4 is 21.9 Å². The summed E-state index contributed by atoms with van der Waals surface area (Å²) in [4.78, 5) is 15.3. The van der Waals surface area contributed by atoms with Gasteiger partial charge in [0.25, 0.3) is 0 Å². The van der Waals surface area contributed by atoms with E-state index in [9.17, 15) is 9.90 Å². The van der Waals surface area contributed by atoms with Gasteiger partial charge in [0.15, 0.2) is 0 Å². The first kappa shape index (κ1) is 12.6. The van der Waals surface area contributed by atoms with Gasteiger partial charge in [0.05, 0.1) is 28.9 Å². The van der Waals surface area contributed by atoms with E-state index in [1.165, 1.54) is 0 Å². The van der Waals surface area contributed by atoms with Crippen molar-refractivity contribution in [3.63, 3.8) is 0 Å². The molecule has 3 aromatic rings. The molecule has 2 aromatic heterocycles. The fourth-order valence-electron chi connectivity index (χ4n) is 3.51. The van der Waals surface area contributed by atoms with Crippen LogP contribution in [0.2, 0.25) is 0 Å². The Morgan fingerprint density at radius 2 is 2.19 bits per heavy atom. The molecule has 0 aliphatic heterocycles. The number of nitrogens with zero attached hydrogens (tertiary/aromatic N) is 3. The van der Waals surface area contributed by atoms with E-state index in [-0.39, 0.29) is 17.8 Å². The molecule has 1 aromatic carbocycles. The van der Waals surface area contributed by atoms with Crippen molar-refractivity contribution in [1.82, 2.24) is 19.3 Å². The van der Waals surface area contributed by atoms with Crippen molar-refractivity contribution < 1.29 is 5.11 Å². The summed E-state index contributed by atoms with van der Waals surface area (Å²) < 4.78 is 3.62. The monoisotopic (exact) mass is 286 g/mol. The van der Waals surface area contributed by atoms with E-state index >= 15 is 0 Å². The number of aromatic amines is 1. The number of hydrogen-bond donors (Lipinski definition) is 2. The van der Waals surface area contributed by atoms with Crippen LogP contribution >= 0.6 is 0 Å². The number of aromatic nitrogens is 4. The van der Waals surface area contributed by atoms with E-state index in [1.807, 2.05) is 28.4 Å². The van der Waals surface area contributed by atoms with Gasteiger partial charge < -0.3 is 10.1 Å². The van der Waals surface area contributed by atoms with Gasteiger partial charge in [-0.15, -0.1) is 0 Å². The number of fused-ring (bicyclic) bond motifs is 2. The molecule has 0 amide bonds. The highest BCUT2D eigenvalue weighted by Crippen LogP contribution is 2.30. The van der Waals surface area contributed by atoms with E-state index in [0.717, 1.165) is 41.2 Å². The highest BCUT2D eigenvalue weighted by Gasteiger charge is 2.24. The zero-order chi connectivity index (χ0) is 14.6. The second kappa shape index (κ2) is 4.46. The second-order valence-electron chi connectivity index (χ2n) is 5.97. The van der Waals surface area contributed by atoms with Crippen molar-refractivity contribution in [3.8, 4) is 0 Å². The minimum atomic E-state index is -0.305. The van der Waals surface area contributed by atoms with Gasteiger partial charge in [-0.3, -0.25) is 9.25 Å². The summed E-state index contributed by atoms with van der Waals surface area (Å²) in [5, 5.41) is 15.2. The SMILES string of the molecule is Cn1ncc2cc3[nH]c(=O)n([C@H]4CCC[C@@H](O)C4)c3cc21. The lowest BCUT2D eigenvalue weighted by Crippen LogP contribution is -2.28. The highest BCUT2D eigenvalue weighted by molar-refractivity contribution is 5.93. The molecule has 0 saturated heterocycles. The molecule has 1 aliphatic rings. The summed E-state index contributed by atoms with van der Waals surface area (Å²) in [6.45, 7) is 0. The Morgan fingerprint density at radius 1 is 1.33 bits per heavy atom. The highest BCUT2D eigenvalue weighted by atomic mass is 16.3. The first-order chi connectivity index (χ1) is 10.1. The lowest BCUT2D eigenvalue weighted by Gasteiger charge is -2.26. The summed E-state index contributed by atoms with van der Waals surface area (Å²) in [6.07, 6.45) is 4.87. The largest absolute Gasteiger partial charge is 0.393 e. The first-order valence-corrected chi connectivity index (χ1v) is 7.37. The summed E-state index contributed by atoms with van der Waals surface area (Å²) in [5.74, 6) is 0. The average Bonchev–Trinajstić information content (AvgIpc) is 2.96. The molecule has 0 bridgehead atoms. The van der Waals surface area contributed by atoms with Crippen LogP contribution in [0.4, 0.5) is 0 Å². The molecule has 0 spiro atoms.